The van der Waals surface area contributed by atoms with Crippen molar-refractivity contribution in [1.29, 1.82) is 0 Å². The number of rotatable bonds is 2. The molecule has 4 rings (SSSR count). The Labute approximate surface area is 136 Å². The van der Waals surface area contributed by atoms with Gasteiger partial charge in [0.2, 0.25) is 4.96 Å². The van der Waals surface area contributed by atoms with Crippen LogP contribution in [0.1, 0.15) is 0 Å². The standard InChI is InChI=1S/C14H7BrFN5S/c15-9-7-8(4-5-10(9)16)12-18-19-14-21(12)20-13(22-14)11-3-1-2-6-17-11/h1-7H. The number of aromatic nitrogens is 5. The number of fused-ring (bicyclic) bond motifs is 1. The topological polar surface area (TPSA) is 56.0 Å². The molecule has 0 amide bonds. The summed E-state index contributed by atoms with van der Waals surface area (Å²) in [6, 6.07) is 10.3. The molecule has 0 spiro atoms. The van der Waals surface area contributed by atoms with Crippen LogP contribution in [0.5, 0.6) is 0 Å². The molecule has 0 N–H and O–H groups in total. The van der Waals surface area contributed by atoms with Gasteiger partial charge in [0, 0.05) is 11.8 Å². The Morgan fingerprint density at radius 1 is 1.14 bits per heavy atom. The van der Waals surface area contributed by atoms with Crippen LogP contribution in [0, 0.1) is 5.82 Å². The summed E-state index contributed by atoms with van der Waals surface area (Å²) in [6.07, 6.45) is 1.72. The first-order valence-electron chi connectivity index (χ1n) is 6.31. The molecule has 0 atom stereocenters. The summed E-state index contributed by atoms with van der Waals surface area (Å²) in [7, 11) is 0. The van der Waals surface area contributed by atoms with Crippen molar-refractivity contribution in [3.63, 3.8) is 0 Å². The summed E-state index contributed by atoms with van der Waals surface area (Å²) >= 11 is 4.58. The lowest BCUT2D eigenvalue weighted by atomic mass is 10.2. The number of pyridine rings is 1. The molecule has 0 saturated heterocycles. The van der Waals surface area contributed by atoms with Crippen LogP contribution in [0.2, 0.25) is 0 Å². The lowest BCUT2D eigenvalue weighted by Crippen LogP contribution is -1.92. The average molecular weight is 376 g/mol. The van der Waals surface area contributed by atoms with Crippen molar-refractivity contribution >= 4 is 32.2 Å². The molecular formula is C14H7BrFN5S. The zero-order chi connectivity index (χ0) is 15.1. The van der Waals surface area contributed by atoms with Crippen LogP contribution in [0.4, 0.5) is 4.39 Å². The van der Waals surface area contributed by atoms with Crippen LogP contribution < -0.4 is 0 Å². The van der Waals surface area contributed by atoms with Gasteiger partial charge in [-0.15, -0.1) is 10.2 Å². The van der Waals surface area contributed by atoms with E-state index in [1.807, 2.05) is 18.2 Å². The minimum Gasteiger partial charge on any atom is -0.254 e. The van der Waals surface area contributed by atoms with E-state index in [-0.39, 0.29) is 5.82 Å². The minimum absolute atomic E-state index is 0.322. The highest BCUT2D eigenvalue weighted by Gasteiger charge is 2.15. The van der Waals surface area contributed by atoms with Gasteiger partial charge in [0.25, 0.3) is 0 Å². The van der Waals surface area contributed by atoms with Gasteiger partial charge in [-0.25, -0.2) is 4.39 Å². The summed E-state index contributed by atoms with van der Waals surface area (Å²) in [5.41, 5.74) is 1.52. The number of nitrogens with zero attached hydrogens (tertiary/aromatic N) is 5. The Bertz CT molecular complexity index is 966. The molecule has 8 heteroatoms. The molecule has 22 heavy (non-hydrogen) atoms. The highest BCUT2D eigenvalue weighted by atomic mass is 79.9. The van der Waals surface area contributed by atoms with Gasteiger partial charge in [-0.3, -0.25) is 4.98 Å². The zero-order valence-electron chi connectivity index (χ0n) is 10.9. The Morgan fingerprint density at radius 3 is 2.82 bits per heavy atom. The molecule has 4 aromatic rings. The third kappa shape index (κ3) is 2.20. The normalized spacial score (nSPS) is 11.2. The van der Waals surface area contributed by atoms with Gasteiger partial charge in [0.15, 0.2) is 10.8 Å². The summed E-state index contributed by atoms with van der Waals surface area (Å²) in [5.74, 6) is 0.242. The third-order valence-corrected chi connectivity index (χ3v) is 4.58. The predicted molar refractivity (Wildman–Crippen MR) is 85.0 cm³/mol. The Kier molecular flexibility index (Phi) is 3.20. The van der Waals surface area contributed by atoms with Crippen molar-refractivity contribution in [2.24, 2.45) is 0 Å². The smallest absolute Gasteiger partial charge is 0.235 e. The minimum atomic E-state index is -0.322. The molecule has 0 radical (unpaired) electrons. The maximum atomic E-state index is 13.4. The molecule has 5 nitrogen and oxygen atoms in total. The van der Waals surface area contributed by atoms with E-state index in [1.54, 1.807) is 22.8 Å². The lowest BCUT2D eigenvalue weighted by molar-refractivity contribution is 0.621. The van der Waals surface area contributed by atoms with E-state index in [4.69, 9.17) is 0 Å². The molecule has 108 valence electrons. The monoisotopic (exact) mass is 375 g/mol. The van der Waals surface area contributed by atoms with Gasteiger partial charge in [-0.2, -0.15) is 9.61 Å². The molecule has 0 aliphatic heterocycles. The molecule has 3 aromatic heterocycles. The van der Waals surface area contributed by atoms with Crippen LogP contribution in [-0.2, 0) is 0 Å². The van der Waals surface area contributed by atoms with Crippen molar-refractivity contribution in [2.45, 2.75) is 0 Å². The number of hydrogen-bond donors (Lipinski definition) is 0. The zero-order valence-corrected chi connectivity index (χ0v) is 13.3. The van der Waals surface area contributed by atoms with Crippen molar-refractivity contribution in [1.82, 2.24) is 24.8 Å². The summed E-state index contributed by atoms with van der Waals surface area (Å²) in [4.78, 5) is 4.94. The van der Waals surface area contributed by atoms with Crippen molar-refractivity contribution < 1.29 is 4.39 Å². The average Bonchev–Trinajstić information content (AvgIpc) is 3.11. The second-order valence-electron chi connectivity index (χ2n) is 4.47. The van der Waals surface area contributed by atoms with Gasteiger partial charge in [0.1, 0.15) is 11.5 Å². The first-order chi connectivity index (χ1) is 10.7. The third-order valence-electron chi connectivity index (χ3n) is 3.05. The molecule has 3 heterocycles. The molecule has 0 aliphatic rings. The van der Waals surface area contributed by atoms with Crippen LogP contribution in [0.25, 0.3) is 27.1 Å². The molecule has 0 bridgehead atoms. The van der Waals surface area contributed by atoms with E-state index in [0.29, 0.717) is 15.3 Å². The number of benzene rings is 1. The fourth-order valence-electron chi connectivity index (χ4n) is 2.02. The summed E-state index contributed by atoms with van der Waals surface area (Å²) < 4.78 is 15.4. The van der Waals surface area contributed by atoms with Crippen molar-refractivity contribution in [3.8, 4) is 22.1 Å². The van der Waals surface area contributed by atoms with Crippen LogP contribution in [0.15, 0.2) is 47.1 Å². The largest absolute Gasteiger partial charge is 0.254 e. The van der Waals surface area contributed by atoms with Gasteiger partial charge >= 0.3 is 0 Å². The summed E-state index contributed by atoms with van der Waals surface area (Å²) in [5, 5.41) is 13.5. The van der Waals surface area contributed by atoms with E-state index in [0.717, 1.165) is 16.3 Å². The molecule has 0 saturated carbocycles. The molecule has 0 aliphatic carbocycles. The van der Waals surface area contributed by atoms with Gasteiger partial charge in [-0.05, 0) is 46.3 Å². The highest BCUT2D eigenvalue weighted by molar-refractivity contribution is 9.10. The maximum absolute atomic E-state index is 13.4. The fraction of sp³-hybridized carbons (Fsp3) is 0. The number of halogens is 2. The molecule has 1 aromatic carbocycles. The van der Waals surface area contributed by atoms with E-state index >= 15 is 0 Å². The Hall–Kier alpha value is -2.19. The first-order valence-corrected chi connectivity index (χ1v) is 7.92. The molecule has 0 fully saturated rings. The highest BCUT2D eigenvalue weighted by Crippen LogP contribution is 2.28. The van der Waals surface area contributed by atoms with Gasteiger partial charge < -0.3 is 0 Å². The lowest BCUT2D eigenvalue weighted by Gasteiger charge is -1.99. The van der Waals surface area contributed by atoms with E-state index in [1.165, 1.54) is 17.4 Å². The van der Waals surface area contributed by atoms with Gasteiger partial charge in [0.05, 0.1) is 4.47 Å². The van der Waals surface area contributed by atoms with Crippen molar-refractivity contribution in [3.05, 3.63) is 52.9 Å². The van der Waals surface area contributed by atoms with Crippen LogP contribution in [0.3, 0.4) is 0 Å². The Balaban J connectivity index is 1.86. The van der Waals surface area contributed by atoms with E-state index < -0.39 is 0 Å². The maximum Gasteiger partial charge on any atom is 0.235 e. The Morgan fingerprint density at radius 2 is 2.05 bits per heavy atom. The quantitative estimate of drug-likeness (QED) is 0.534. The number of hydrogen-bond acceptors (Lipinski definition) is 5. The van der Waals surface area contributed by atoms with Crippen LogP contribution in [-0.4, -0.2) is 24.8 Å². The second kappa shape index (κ2) is 5.22. The van der Waals surface area contributed by atoms with Crippen LogP contribution >= 0.6 is 27.3 Å². The summed E-state index contributed by atoms with van der Waals surface area (Å²) in [6.45, 7) is 0. The van der Waals surface area contributed by atoms with E-state index in [9.17, 15) is 4.39 Å². The predicted octanol–water partition coefficient (Wildman–Crippen LogP) is 3.82. The molecule has 0 unspecified atom stereocenters. The molecular weight excluding hydrogens is 369 g/mol. The second-order valence-corrected chi connectivity index (χ2v) is 6.28. The van der Waals surface area contributed by atoms with Gasteiger partial charge in [-0.1, -0.05) is 17.4 Å². The van der Waals surface area contributed by atoms with E-state index in [2.05, 4.69) is 36.2 Å². The SMILES string of the molecule is Fc1ccc(-c2nnc3sc(-c4ccccn4)nn23)cc1Br. The fourth-order valence-corrected chi connectivity index (χ4v) is 3.22. The van der Waals surface area contributed by atoms with Crippen molar-refractivity contribution in [2.75, 3.05) is 0 Å². The first kappa shape index (κ1) is 13.5.